The van der Waals surface area contributed by atoms with Gasteiger partial charge in [0.05, 0.1) is 28.2 Å². The van der Waals surface area contributed by atoms with Crippen molar-refractivity contribution in [1.29, 1.82) is 0 Å². The number of nitrogens with zero attached hydrogens (tertiary/aromatic N) is 2. The van der Waals surface area contributed by atoms with Crippen molar-refractivity contribution in [1.82, 2.24) is 0 Å². The summed E-state index contributed by atoms with van der Waals surface area (Å²) in [5, 5.41) is 0. The topological polar surface area (TPSA) is 23.6 Å². The Kier molecular flexibility index (Phi) is 6.19. The second-order valence-corrected chi connectivity index (χ2v) is 12.1. The first kappa shape index (κ1) is 27.1. The minimum atomic E-state index is -0.564. The Morgan fingerprint density at radius 1 is 0.340 bits per heavy atom. The van der Waals surface area contributed by atoms with Crippen molar-refractivity contribution in [3.63, 3.8) is 0 Å². The minimum Gasteiger partial charge on any atom is -0.310 e. The zero-order valence-electron chi connectivity index (χ0n) is 25.6. The molecule has 0 fully saturated rings. The molecule has 2 heterocycles. The van der Waals surface area contributed by atoms with Crippen LogP contribution >= 0.6 is 0 Å². The highest BCUT2D eigenvalue weighted by molar-refractivity contribution is 6.09. The second kappa shape index (κ2) is 10.7. The molecule has 0 aromatic heterocycles. The van der Waals surface area contributed by atoms with Crippen LogP contribution in [0.15, 0.2) is 182 Å². The molecule has 7 aromatic carbocycles. The molecule has 0 aliphatic carbocycles. The Morgan fingerprint density at radius 3 is 1.09 bits per heavy atom. The molecular weight excluding hydrogens is 572 g/mol. The molecule has 9 rings (SSSR count). The Bertz CT molecular complexity index is 2180. The zero-order valence-corrected chi connectivity index (χ0v) is 25.6. The summed E-state index contributed by atoms with van der Waals surface area (Å²) in [7, 11) is 0. The molecule has 0 atom stereocenters. The van der Waals surface area contributed by atoms with Gasteiger partial charge in [0.15, 0.2) is 5.78 Å². The number of rotatable bonds is 4. The van der Waals surface area contributed by atoms with E-state index >= 15 is 0 Å². The predicted octanol–water partition coefficient (Wildman–Crippen LogP) is 10.9. The summed E-state index contributed by atoms with van der Waals surface area (Å²) in [5.41, 5.74) is 12.4. The van der Waals surface area contributed by atoms with Gasteiger partial charge in [0.1, 0.15) is 0 Å². The molecule has 47 heavy (non-hydrogen) atoms. The van der Waals surface area contributed by atoms with E-state index in [2.05, 4.69) is 149 Å². The third-order valence-corrected chi connectivity index (χ3v) is 9.63. The average molecular weight is 603 g/mol. The van der Waals surface area contributed by atoms with Crippen LogP contribution in [0.5, 0.6) is 0 Å². The van der Waals surface area contributed by atoms with E-state index in [1.807, 2.05) is 42.5 Å². The van der Waals surface area contributed by atoms with E-state index in [-0.39, 0.29) is 5.78 Å². The summed E-state index contributed by atoms with van der Waals surface area (Å²) in [5.74, 6) is 0.0222. The second-order valence-electron chi connectivity index (χ2n) is 12.1. The average Bonchev–Trinajstić information content (AvgIpc) is 3.15. The molecule has 0 amide bonds. The van der Waals surface area contributed by atoms with Crippen LogP contribution in [0.2, 0.25) is 0 Å². The van der Waals surface area contributed by atoms with Crippen molar-refractivity contribution in [3.05, 3.63) is 215 Å². The highest BCUT2D eigenvalue weighted by Crippen LogP contribution is 2.63. The van der Waals surface area contributed by atoms with Gasteiger partial charge in [-0.2, -0.15) is 0 Å². The van der Waals surface area contributed by atoms with E-state index in [1.165, 1.54) is 33.6 Å². The maximum atomic E-state index is 13.3. The molecule has 222 valence electrons. The number of para-hydroxylation sites is 5. The smallest absolute Gasteiger partial charge is 0.193 e. The zero-order chi connectivity index (χ0) is 31.4. The highest BCUT2D eigenvalue weighted by Gasteiger charge is 2.51. The molecule has 0 unspecified atom stereocenters. The lowest BCUT2D eigenvalue weighted by atomic mass is 9.60. The Balaban J connectivity index is 1.29. The van der Waals surface area contributed by atoms with E-state index in [4.69, 9.17) is 0 Å². The molecule has 0 N–H and O–H groups in total. The predicted molar refractivity (Wildman–Crippen MR) is 191 cm³/mol. The van der Waals surface area contributed by atoms with Crippen molar-refractivity contribution in [2.45, 2.75) is 5.41 Å². The third kappa shape index (κ3) is 3.96. The van der Waals surface area contributed by atoms with Crippen molar-refractivity contribution in [2.24, 2.45) is 0 Å². The summed E-state index contributed by atoms with van der Waals surface area (Å²) in [4.78, 5) is 18.0. The molecule has 0 radical (unpaired) electrons. The lowest BCUT2D eigenvalue weighted by Crippen LogP contribution is -2.41. The van der Waals surface area contributed by atoms with Crippen LogP contribution in [0, 0.1) is 0 Å². The Hall–Kier alpha value is -6.19. The minimum absolute atomic E-state index is 0.0222. The number of ketones is 1. The molecule has 2 aliphatic rings. The summed E-state index contributed by atoms with van der Waals surface area (Å²) < 4.78 is 0. The number of hydrogen-bond acceptors (Lipinski definition) is 3. The molecule has 3 heteroatoms. The van der Waals surface area contributed by atoms with E-state index in [1.54, 1.807) is 0 Å². The van der Waals surface area contributed by atoms with Crippen LogP contribution in [-0.2, 0) is 5.41 Å². The lowest BCUT2D eigenvalue weighted by molar-refractivity contribution is 0.103. The van der Waals surface area contributed by atoms with Crippen LogP contribution in [-0.4, -0.2) is 5.78 Å². The van der Waals surface area contributed by atoms with Crippen molar-refractivity contribution >= 4 is 39.9 Å². The molecule has 2 aliphatic heterocycles. The molecule has 7 aromatic rings. The number of carbonyl (C=O) groups excluding carboxylic acids is 1. The molecule has 0 saturated heterocycles. The number of benzene rings is 7. The fourth-order valence-electron chi connectivity index (χ4n) is 7.72. The quantitative estimate of drug-likeness (QED) is 0.187. The van der Waals surface area contributed by atoms with Crippen LogP contribution in [0.4, 0.5) is 34.1 Å². The van der Waals surface area contributed by atoms with Gasteiger partial charge in [-0.05, 0) is 82.9 Å². The van der Waals surface area contributed by atoms with Crippen LogP contribution in [0.3, 0.4) is 0 Å². The largest absolute Gasteiger partial charge is 0.310 e. The maximum Gasteiger partial charge on any atom is 0.193 e. The molecule has 0 bridgehead atoms. The van der Waals surface area contributed by atoms with Crippen LogP contribution in [0.25, 0.3) is 0 Å². The van der Waals surface area contributed by atoms with Gasteiger partial charge in [0.25, 0.3) is 0 Å². The number of anilines is 6. The van der Waals surface area contributed by atoms with E-state index in [0.29, 0.717) is 11.1 Å². The number of fused-ring (bicyclic) bond motifs is 8. The Morgan fingerprint density at radius 2 is 0.660 bits per heavy atom. The van der Waals surface area contributed by atoms with Crippen molar-refractivity contribution in [2.75, 3.05) is 9.80 Å². The van der Waals surface area contributed by atoms with Gasteiger partial charge in [-0.25, -0.2) is 0 Å². The SMILES string of the molecule is O=C(c1ccccc1)c1ccc(N2c3ccccc3C3(c4ccccc4N(c4ccccc4)c4ccccc43)c3ccccc32)cc1. The van der Waals surface area contributed by atoms with E-state index < -0.39 is 5.41 Å². The van der Waals surface area contributed by atoms with Gasteiger partial charge < -0.3 is 9.80 Å². The van der Waals surface area contributed by atoms with Crippen molar-refractivity contribution < 1.29 is 4.79 Å². The van der Waals surface area contributed by atoms with E-state index in [9.17, 15) is 4.79 Å². The van der Waals surface area contributed by atoms with Gasteiger partial charge >= 0.3 is 0 Å². The summed E-state index contributed by atoms with van der Waals surface area (Å²) >= 11 is 0. The lowest BCUT2D eigenvalue weighted by Gasteiger charge is -2.51. The molecular formula is C44H30N2O. The maximum absolute atomic E-state index is 13.3. The molecule has 1 spiro atoms. The first-order valence-electron chi connectivity index (χ1n) is 16.0. The van der Waals surface area contributed by atoms with Gasteiger partial charge in [0.2, 0.25) is 0 Å². The first-order chi connectivity index (χ1) is 23.3. The summed E-state index contributed by atoms with van der Waals surface area (Å²) in [6.45, 7) is 0. The Labute approximate surface area is 274 Å². The summed E-state index contributed by atoms with van der Waals surface area (Å²) in [6.07, 6.45) is 0. The fourth-order valence-corrected chi connectivity index (χ4v) is 7.72. The van der Waals surface area contributed by atoms with Gasteiger partial charge in [-0.15, -0.1) is 0 Å². The monoisotopic (exact) mass is 602 g/mol. The standard InChI is InChI=1S/C44H30N2O/c47-43(31-15-3-1-4-16-31)32-27-29-34(30-28-32)46-41-25-13-9-21-37(41)44(38-22-10-14-26-42(38)46)35-19-7-11-23-39(35)45(33-17-5-2-6-18-33)40-24-12-8-20-36(40)44/h1-30H. The molecule has 3 nitrogen and oxygen atoms in total. The fraction of sp³-hybridized carbons (Fsp3) is 0.0227. The normalized spacial score (nSPS) is 13.7. The van der Waals surface area contributed by atoms with Gasteiger partial charge in [0, 0.05) is 22.5 Å². The van der Waals surface area contributed by atoms with E-state index in [0.717, 1.165) is 22.7 Å². The number of carbonyl (C=O) groups is 1. The first-order valence-corrected chi connectivity index (χ1v) is 16.0. The number of hydrogen-bond donors (Lipinski definition) is 0. The van der Waals surface area contributed by atoms with Gasteiger partial charge in [-0.3, -0.25) is 4.79 Å². The van der Waals surface area contributed by atoms with Crippen molar-refractivity contribution in [3.8, 4) is 0 Å². The van der Waals surface area contributed by atoms with Gasteiger partial charge in [-0.1, -0.05) is 121 Å². The third-order valence-electron chi connectivity index (χ3n) is 9.63. The van der Waals surface area contributed by atoms with Crippen LogP contribution < -0.4 is 9.80 Å². The highest BCUT2D eigenvalue weighted by atomic mass is 16.1. The molecule has 0 saturated carbocycles. The van der Waals surface area contributed by atoms with Crippen LogP contribution in [0.1, 0.15) is 38.2 Å². The summed E-state index contributed by atoms with van der Waals surface area (Å²) in [6, 6.07) is 63.4.